The van der Waals surface area contributed by atoms with E-state index in [9.17, 15) is 14.4 Å². The fourth-order valence-electron chi connectivity index (χ4n) is 2.68. The molecule has 1 aliphatic heterocycles. The highest BCUT2D eigenvalue weighted by atomic mass is 16.2. The molecule has 3 rings (SSSR count). The lowest BCUT2D eigenvalue weighted by Crippen LogP contribution is -2.49. The van der Waals surface area contributed by atoms with Gasteiger partial charge < -0.3 is 14.8 Å². The topological polar surface area (TPSA) is 102 Å². The Labute approximate surface area is 131 Å². The summed E-state index contributed by atoms with van der Waals surface area (Å²) < 4.78 is 0. The Kier molecular flexibility index (Phi) is 3.96. The number of anilines is 1. The standard InChI is InChI=1S/C15H17N5O3/c1-10-3-2-4-16-13(10)19-5-7-20(8-6-19)14(22)11-9-12(21)18-15(23)17-11/h2-4,9H,5-8H2,1H3,(H2,17,18,21,23). The van der Waals surface area contributed by atoms with E-state index in [1.165, 1.54) is 0 Å². The van der Waals surface area contributed by atoms with E-state index in [0.717, 1.165) is 17.4 Å². The molecule has 0 saturated carbocycles. The quantitative estimate of drug-likeness (QED) is 0.794. The summed E-state index contributed by atoms with van der Waals surface area (Å²) in [4.78, 5) is 47.5. The maximum absolute atomic E-state index is 12.4. The van der Waals surface area contributed by atoms with Gasteiger partial charge >= 0.3 is 5.69 Å². The highest BCUT2D eigenvalue weighted by molar-refractivity contribution is 5.92. The van der Waals surface area contributed by atoms with E-state index < -0.39 is 11.2 Å². The van der Waals surface area contributed by atoms with Gasteiger partial charge in [-0.2, -0.15) is 0 Å². The molecule has 0 bridgehead atoms. The van der Waals surface area contributed by atoms with E-state index in [1.54, 1.807) is 11.1 Å². The number of piperazine rings is 1. The molecule has 2 aromatic heterocycles. The number of nitrogens with one attached hydrogen (secondary N) is 2. The summed E-state index contributed by atoms with van der Waals surface area (Å²) in [6.45, 7) is 4.31. The van der Waals surface area contributed by atoms with Gasteiger partial charge in [0.05, 0.1) is 0 Å². The Morgan fingerprint density at radius 2 is 1.91 bits per heavy atom. The van der Waals surface area contributed by atoms with Crippen LogP contribution >= 0.6 is 0 Å². The number of hydrogen-bond acceptors (Lipinski definition) is 5. The van der Waals surface area contributed by atoms with E-state index in [1.807, 2.05) is 24.0 Å². The van der Waals surface area contributed by atoms with Crippen LogP contribution in [0.1, 0.15) is 16.1 Å². The molecule has 0 aromatic carbocycles. The number of aryl methyl sites for hydroxylation is 1. The molecule has 1 saturated heterocycles. The molecular formula is C15H17N5O3. The number of carbonyl (C=O) groups excluding carboxylic acids is 1. The first kappa shape index (κ1) is 15.0. The number of aromatic nitrogens is 3. The van der Waals surface area contributed by atoms with Crippen LogP contribution < -0.4 is 16.1 Å². The van der Waals surface area contributed by atoms with Crippen molar-refractivity contribution in [3.05, 3.63) is 56.5 Å². The molecule has 8 nitrogen and oxygen atoms in total. The third-order valence-electron chi connectivity index (χ3n) is 3.84. The van der Waals surface area contributed by atoms with Gasteiger partial charge in [-0.3, -0.25) is 14.6 Å². The second kappa shape index (κ2) is 6.07. The molecule has 0 unspecified atom stereocenters. The van der Waals surface area contributed by atoms with Crippen LogP contribution in [0.5, 0.6) is 0 Å². The molecular weight excluding hydrogens is 298 g/mol. The molecule has 0 aliphatic carbocycles. The molecule has 1 amide bonds. The van der Waals surface area contributed by atoms with E-state index in [0.29, 0.717) is 26.2 Å². The number of aromatic amines is 2. The van der Waals surface area contributed by atoms with Crippen LogP contribution in [0.15, 0.2) is 34.0 Å². The van der Waals surface area contributed by atoms with Crippen molar-refractivity contribution in [1.82, 2.24) is 19.9 Å². The number of amides is 1. The van der Waals surface area contributed by atoms with E-state index in [-0.39, 0.29) is 11.6 Å². The molecule has 23 heavy (non-hydrogen) atoms. The zero-order valence-corrected chi connectivity index (χ0v) is 12.7. The van der Waals surface area contributed by atoms with Crippen molar-refractivity contribution in [2.24, 2.45) is 0 Å². The molecule has 0 radical (unpaired) electrons. The van der Waals surface area contributed by atoms with Crippen molar-refractivity contribution in [2.45, 2.75) is 6.92 Å². The lowest BCUT2D eigenvalue weighted by molar-refractivity contribution is 0.0740. The Morgan fingerprint density at radius 3 is 2.57 bits per heavy atom. The van der Waals surface area contributed by atoms with Gasteiger partial charge in [-0.25, -0.2) is 9.78 Å². The molecule has 120 valence electrons. The second-order valence-electron chi connectivity index (χ2n) is 5.42. The molecule has 2 N–H and O–H groups in total. The smallest absolute Gasteiger partial charge is 0.326 e. The lowest BCUT2D eigenvalue weighted by Gasteiger charge is -2.35. The second-order valence-corrected chi connectivity index (χ2v) is 5.42. The third-order valence-corrected chi connectivity index (χ3v) is 3.84. The molecule has 2 aromatic rings. The average Bonchev–Trinajstić information content (AvgIpc) is 2.54. The first-order valence-electron chi connectivity index (χ1n) is 7.34. The highest BCUT2D eigenvalue weighted by Crippen LogP contribution is 2.18. The number of nitrogens with zero attached hydrogens (tertiary/aromatic N) is 3. The van der Waals surface area contributed by atoms with E-state index in [4.69, 9.17) is 0 Å². The first-order valence-corrected chi connectivity index (χ1v) is 7.34. The number of hydrogen-bond donors (Lipinski definition) is 2. The zero-order valence-electron chi connectivity index (χ0n) is 12.7. The Bertz CT molecular complexity index is 805. The zero-order chi connectivity index (χ0) is 16.4. The maximum atomic E-state index is 12.4. The molecule has 0 atom stereocenters. The monoisotopic (exact) mass is 315 g/mol. The Morgan fingerprint density at radius 1 is 1.17 bits per heavy atom. The maximum Gasteiger partial charge on any atom is 0.326 e. The molecule has 1 fully saturated rings. The average molecular weight is 315 g/mol. The molecule has 1 aliphatic rings. The Balaban J connectivity index is 1.71. The van der Waals surface area contributed by atoms with Crippen LogP contribution in [0.4, 0.5) is 5.82 Å². The van der Waals surface area contributed by atoms with Crippen LogP contribution in [-0.4, -0.2) is 51.9 Å². The van der Waals surface area contributed by atoms with Crippen molar-refractivity contribution in [1.29, 1.82) is 0 Å². The molecule has 8 heteroatoms. The van der Waals surface area contributed by atoms with Gasteiger partial charge in [0.25, 0.3) is 11.5 Å². The van der Waals surface area contributed by atoms with Crippen LogP contribution in [-0.2, 0) is 0 Å². The van der Waals surface area contributed by atoms with Crippen LogP contribution in [0.25, 0.3) is 0 Å². The van der Waals surface area contributed by atoms with Gasteiger partial charge in [-0.15, -0.1) is 0 Å². The summed E-state index contributed by atoms with van der Waals surface area (Å²) >= 11 is 0. The fourth-order valence-corrected chi connectivity index (χ4v) is 2.68. The van der Waals surface area contributed by atoms with E-state index >= 15 is 0 Å². The number of pyridine rings is 1. The first-order chi connectivity index (χ1) is 11.0. The third kappa shape index (κ3) is 3.15. The SMILES string of the molecule is Cc1cccnc1N1CCN(C(=O)c2cc(=O)[nH]c(=O)[nH]2)CC1. The van der Waals surface area contributed by atoms with Crippen LogP contribution in [0, 0.1) is 6.92 Å². The summed E-state index contributed by atoms with van der Waals surface area (Å²) in [5.74, 6) is 0.578. The normalized spacial score (nSPS) is 14.8. The predicted octanol–water partition coefficient (Wildman–Crippen LogP) is -0.271. The van der Waals surface area contributed by atoms with Crippen molar-refractivity contribution in [3.8, 4) is 0 Å². The van der Waals surface area contributed by atoms with Crippen LogP contribution in [0.2, 0.25) is 0 Å². The van der Waals surface area contributed by atoms with Gasteiger partial charge in [0.1, 0.15) is 11.5 Å². The highest BCUT2D eigenvalue weighted by Gasteiger charge is 2.24. The summed E-state index contributed by atoms with van der Waals surface area (Å²) in [5.41, 5.74) is -0.157. The fraction of sp³-hybridized carbons (Fsp3) is 0.333. The summed E-state index contributed by atoms with van der Waals surface area (Å²) in [5, 5.41) is 0. The number of H-pyrrole nitrogens is 2. The van der Waals surface area contributed by atoms with Crippen molar-refractivity contribution in [2.75, 3.05) is 31.1 Å². The summed E-state index contributed by atoms with van der Waals surface area (Å²) in [7, 11) is 0. The van der Waals surface area contributed by atoms with Crippen molar-refractivity contribution in [3.63, 3.8) is 0 Å². The number of carbonyl (C=O) groups is 1. The van der Waals surface area contributed by atoms with Crippen molar-refractivity contribution >= 4 is 11.7 Å². The van der Waals surface area contributed by atoms with Gasteiger partial charge in [0.2, 0.25) is 0 Å². The minimum atomic E-state index is -0.677. The summed E-state index contributed by atoms with van der Waals surface area (Å²) in [6.07, 6.45) is 1.75. The lowest BCUT2D eigenvalue weighted by atomic mass is 10.2. The molecule has 3 heterocycles. The van der Waals surface area contributed by atoms with Gasteiger partial charge in [0, 0.05) is 38.4 Å². The minimum absolute atomic E-state index is 0.0150. The van der Waals surface area contributed by atoms with Gasteiger partial charge in [-0.05, 0) is 18.6 Å². The number of rotatable bonds is 2. The van der Waals surface area contributed by atoms with Gasteiger partial charge in [-0.1, -0.05) is 6.07 Å². The molecule has 0 spiro atoms. The Hall–Kier alpha value is -2.90. The predicted molar refractivity (Wildman–Crippen MR) is 84.8 cm³/mol. The summed E-state index contributed by atoms with van der Waals surface area (Å²) in [6, 6.07) is 5.00. The van der Waals surface area contributed by atoms with E-state index in [2.05, 4.69) is 14.9 Å². The van der Waals surface area contributed by atoms with Gasteiger partial charge in [0.15, 0.2) is 0 Å². The van der Waals surface area contributed by atoms with Crippen molar-refractivity contribution < 1.29 is 4.79 Å². The largest absolute Gasteiger partial charge is 0.353 e. The van der Waals surface area contributed by atoms with Crippen LogP contribution in [0.3, 0.4) is 0 Å². The minimum Gasteiger partial charge on any atom is -0.353 e.